The second-order valence-corrected chi connectivity index (χ2v) is 6.94. The summed E-state index contributed by atoms with van der Waals surface area (Å²) in [6.07, 6.45) is 4.86. The molecule has 1 nitrogen and oxygen atoms in total. The van der Waals surface area contributed by atoms with Crippen LogP contribution in [0.1, 0.15) is 45.6 Å². The SMILES string of the molecule is CC1CC(NCCc2ccc(F)cc2)CC(C)(C)C1. The van der Waals surface area contributed by atoms with Crippen molar-refractivity contribution >= 4 is 0 Å². The highest BCUT2D eigenvalue weighted by atomic mass is 19.1. The number of hydrogen-bond donors (Lipinski definition) is 1. The molecule has 1 aliphatic carbocycles. The summed E-state index contributed by atoms with van der Waals surface area (Å²) in [4.78, 5) is 0. The summed E-state index contributed by atoms with van der Waals surface area (Å²) in [5, 5.41) is 3.68. The van der Waals surface area contributed by atoms with E-state index in [1.54, 1.807) is 12.1 Å². The van der Waals surface area contributed by atoms with E-state index in [4.69, 9.17) is 0 Å². The van der Waals surface area contributed by atoms with Crippen LogP contribution < -0.4 is 5.32 Å². The van der Waals surface area contributed by atoms with Crippen LogP contribution in [0.15, 0.2) is 24.3 Å². The summed E-state index contributed by atoms with van der Waals surface area (Å²) < 4.78 is 12.8. The Kier molecular flexibility index (Phi) is 4.62. The van der Waals surface area contributed by atoms with E-state index >= 15 is 0 Å². The van der Waals surface area contributed by atoms with Crippen molar-refractivity contribution in [3.8, 4) is 0 Å². The summed E-state index contributed by atoms with van der Waals surface area (Å²) in [6.45, 7) is 8.09. The first-order valence-corrected chi connectivity index (χ1v) is 7.42. The molecule has 0 amide bonds. The van der Waals surface area contributed by atoms with Crippen molar-refractivity contribution < 1.29 is 4.39 Å². The van der Waals surface area contributed by atoms with Crippen molar-refractivity contribution in [2.24, 2.45) is 11.3 Å². The Morgan fingerprint density at radius 1 is 1.21 bits per heavy atom. The Bertz CT molecular complexity index is 396. The molecule has 1 N–H and O–H groups in total. The molecule has 2 unspecified atom stereocenters. The van der Waals surface area contributed by atoms with E-state index in [0.29, 0.717) is 11.5 Å². The zero-order valence-corrected chi connectivity index (χ0v) is 12.4. The zero-order valence-electron chi connectivity index (χ0n) is 12.4. The molecule has 19 heavy (non-hydrogen) atoms. The predicted molar refractivity (Wildman–Crippen MR) is 78.7 cm³/mol. The van der Waals surface area contributed by atoms with Crippen LogP contribution in [0, 0.1) is 17.2 Å². The molecule has 2 atom stereocenters. The topological polar surface area (TPSA) is 12.0 Å². The van der Waals surface area contributed by atoms with Gasteiger partial charge in [-0.1, -0.05) is 32.9 Å². The van der Waals surface area contributed by atoms with Gasteiger partial charge in [0.2, 0.25) is 0 Å². The predicted octanol–water partition coefficient (Wildman–Crippen LogP) is 4.17. The van der Waals surface area contributed by atoms with Crippen LogP contribution in [-0.4, -0.2) is 12.6 Å². The molecule has 0 bridgehead atoms. The molecule has 106 valence electrons. The maximum atomic E-state index is 12.8. The molecule has 1 aromatic rings. The number of benzene rings is 1. The summed E-state index contributed by atoms with van der Waals surface area (Å²) in [5.74, 6) is 0.659. The van der Waals surface area contributed by atoms with Crippen molar-refractivity contribution in [2.45, 2.75) is 52.5 Å². The van der Waals surface area contributed by atoms with Gasteiger partial charge in [0.05, 0.1) is 0 Å². The number of halogens is 1. The molecule has 1 saturated carbocycles. The van der Waals surface area contributed by atoms with Gasteiger partial charge in [-0.25, -0.2) is 4.39 Å². The van der Waals surface area contributed by atoms with Crippen molar-refractivity contribution in [3.63, 3.8) is 0 Å². The maximum Gasteiger partial charge on any atom is 0.123 e. The molecular formula is C17H26FN. The molecule has 0 aliphatic heterocycles. The first-order valence-electron chi connectivity index (χ1n) is 7.42. The second kappa shape index (κ2) is 6.04. The van der Waals surface area contributed by atoms with Gasteiger partial charge in [-0.15, -0.1) is 0 Å². The van der Waals surface area contributed by atoms with E-state index in [-0.39, 0.29) is 5.82 Å². The van der Waals surface area contributed by atoms with E-state index in [1.807, 2.05) is 12.1 Å². The van der Waals surface area contributed by atoms with Crippen molar-refractivity contribution in [2.75, 3.05) is 6.54 Å². The van der Waals surface area contributed by atoms with Gasteiger partial charge in [-0.3, -0.25) is 0 Å². The summed E-state index contributed by atoms with van der Waals surface area (Å²) >= 11 is 0. The van der Waals surface area contributed by atoms with Crippen LogP contribution in [0.3, 0.4) is 0 Å². The van der Waals surface area contributed by atoms with Crippen LogP contribution in [0.2, 0.25) is 0 Å². The number of nitrogens with one attached hydrogen (secondary N) is 1. The van der Waals surface area contributed by atoms with Gasteiger partial charge in [-0.05, 0) is 61.3 Å². The van der Waals surface area contributed by atoms with E-state index in [2.05, 4.69) is 26.1 Å². The zero-order chi connectivity index (χ0) is 13.9. The van der Waals surface area contributed by atoms with Crippen LogP contribution in [0.25, 0.3) is 0 Å². The fourth-order valence-corrected chi connectivity index (χ4v) is 3.57. The maximum absolute atomic E-state index is 12.8. The molecule has 0 aromatic heterocycles. The summed E-state index contributed by atoms with van der Waals surface area (Å²) in [5.41, 5.74) is 1.67. The van der Waals surface area contributed by atoms with Gasteiger partial charge in [0.15, 0.2) is 0 Å². The third-order valence-electron chi connectivity index (χ3n) is 4.15. The van der Waals surface area contributed by atoms with Crippen LogP contribution in [0.5, 0.6) is 0 Å². The minimum absolute atomic E-state index is 0.153. The molecule has 0 spiro atoms. The quantitative estimate of drug-likeness (QED) is 0.859. The van der Waals surface area contributed by atoms with Crippen molar-refractivity contribution in [1.82, 2.24) is 5.32 Å². The average Bonchev–Trinajstić information content (AvgIpc) is 2.29. The van der Waals surface area contributed by atoms with Gasteiger partial charge in [0.1, 0.15) is 5.82 Å². The molecular weight excluding hydrogens is 237 g/mol. The second-order valence-electron chi connectivity index (χ2n) is 6.94. The van der Waals surface area contributed by atoms with Gasteiger partial charge in [0.25, 0.3) is 0 Å². The van der Waals surface area contributed by atoms with Crippen LogP contribution in [-0.2, 0) is 6.42 Å². The summed E-state index contributed by atoms with van der Waals surface area (Å²) in [7, 11) is 0. The Morgan fingerprint density at radius 2 is 1.89 bits per heavy atom. The van der Waals surface area contributed by atoms with Gasteiger partial charge < -0.3 is 5.32 Å². The number of rotatable bonds is 4. The Balaban J connectivity index is 1.77. The van der Waals surface area contributed by atoms with Gasteiger partial charge >= 0.3 is 0 Å². The Morgan fingerprint density at radius 3 is 2.53 bits per heavy atom. The molecule has 0 radical (unpaired) electrons. The van der Waals surface area contributed by atoms with Crippen LogP contribution in [0.4, 0.5) is 4.39 Å². The first kappa shape index (κ1) is 14.5. The minimum atomic E-state index is -0.153. The standard InChI is InChI=1S/C17H26FN/c1-13-10-16(12-17(2,3)11-13)19-9-8-14-4-6-15(18)7-5-14/h4-7,13,16,19H,8-12H2,1-3H3. The minimum Gasteiger partial charge on any atom is -0.314 e. The smallest absolute Gasteiger partial charge is 0.123 e. The van der Waals surface area contributed by atoms with Crippen LogP contribution >= 0.6 is 0 Å². The van der Waals surface area contributed by atoms with Crippen molar-refractivity contribution in [3.05, 3.63) is 35.6 Å². The largest absolute Gasteiger partial charge is 0.314 e. The van der Waals surface area contributed by atoms with Gasteiger partial charge in [0, 0.05) is 6.04 Å². The third-order valence-corrected chi connectivity index (χ3v) is 4.15. The Hall–Kier alpha value is -0.890. The highest BCUT2D eigenvalue weighted by molar-refractivity contribution is 5.16. The normalized spacial score (nSPS) is 26.3. The van der Waals surface area contributed by atoms with Crippen molar-refractivity contribution in [1.29, 1.82) is 0 Å². The summed E-state index contributed by atoms with van der Waals surface area (Å²) in [6, 6.07) is 7.48. The lowest BCUT2D eigenvalue weighted by atomic mass is 9.70. The lowest BCUT2D eigenvalue weighted by Crippen LogP contribution is -2.40. The molecule has 0 saturated heterocycles. The molecule has 2 heteroatoms. The fraction of sp³-hybridized carbons (Fsp3) is 0.647. The first-order chi connectivity index (χ1) is 8.94. The monoisotopic (exact) mass is 263 g/mol. The Labute approximate surface area is 116 Å². The molecule has 2 rings (SSSR count). The van der Waals surface area contributed by atoms with E-state index in [0.717, 1.165) is 18.9 Å². The highest BCUT2D eigenvalue weighted by Gasteiger charge is 2.31. The molecule has 1 aliphatic rings. The van der Waals surface area contributed by atoms with E-state index in [1.165, 1.54) is 24.8 Å². The number of hydrogen-bond acceptors (Lipinski definition) is 1. The lowest BCUT2D eigenvalue weighted by Gasteiger charge is -2.39. The van der Waals surface area contributed by atoms with E-state index in [9.17, 15) is 4.39 Å². The highest BCUT2D eigenvalue weighted by Crippen LogP contribution is 2.38. The van der Waals surface area contributed by atoms with Gasteiger partial charge in [-0.2, -0.15) is 0 Å². The molecule has 0 heterocycles. The fourth-order valence-electron chi connectivity index (χ4n) is 3.57. The lowest BCUT2D eigenvalue weighted by molar-refractivity contribution is 0.152. The average molecular weight is 263 g/mol. The molecule has 1 fully saturated rings. The molecule has 1 aromatic carbocycles. The van der Waals surface area contributed by atoms with E-state index < -0.39 is 0 Å². The third kappa shape index (κ3) is 4.61.